The van der Waals surface area contributed by atoms with Crippen molar-refractivity contribution in [3.8, 4) is 0 Å². The quantitative estimate of drug-likeness (QED) is 0.710. The molecule has 0 aromatic heterocycles. The predicted octanol–water partition coefficient (Wildman–Crippen LogP) is 4.29. The molecule has 0 saturated heterocycles. The van der Waals surface area contributed by atoms with E-state index in [1.807, 2.05) is 0 Å². The van der Waals surface area contributed by atoms with E-state index >= 15 is 0 Å². The van der Waals surface area contributed by atoms with Crippen molar-refractivity contribution in [1.29, 1.82) is 0 Å². The molecule has 3 heteroatoms. The largest absolute Gasteiger partial charge is 0.457 e. The average molecular weight is 318 g/mol. The Balaban J connectivity index is 1.29. The van der Waals surface area contributed by atoms with Crippen molar-refractivity contribution in [2.24, 2.45) is 29.1 Å². The molecule has 5 aliphatic rings. The first-order valence-electron chi connectivity index (χ1n) is 9.82. The predicted molar refractivity (Wildman–Crippen MR) is 87.8 cm³/mol. The van der Waals surface area contributed by atoms with Crippen LogP contribution in [0.15, 0.2) is 0 Å². The Bertz CT molecular complexity index is 440. The molecule has 0 N–H and O–H groups in total. The summed E-state index contributed by atoms with van der Waals surface area (Å²) in [7, 11) is 0. The molecule has 5 aliphatic carbocycles. The van der Waals surface area contributed by atoms with Gasteiger partial charge in [-0.3, -0.25) is 9.59 Å². The van der Waals surface area contributed by atoms with Crippen LogP contribution in [0.3, 0.4) is 0 Å². The molecule has 4 bridgehead atoms. The molecular weight excluding hydrogens is 288 g/mol. The SMILES string of the molecule is O=C(COC(=O)C12CC3CC(CC(C3)C1)C2)CC1CCCCC1. The highest BCUT2D eigenvalue weighted by atomic mass is 16.5. The van der Waals surface area contributed by atoms with Gasteiger partial charge in [-0.05, 0) is 62.2 Å². The Morgan fingerprint density at radius 2 is 1.43 bits per heavy atom. The van der Waals surface area contributed by atoms with Crippen molar-refractivity contribution in [2.75, 3.05) is 6.61 Å². The normalized spacial score (nSPS) is 39.4. The lowest BCUT2D eigenvalue weighted by Gasteiger charge is -2.55. The van der Waals surface area contributed by atoms with Gasteiger partial charge in [0, 0.05) is 6.42 Å². The number of hydrogen-bond donors (Lipinski definition) is 0. The first-order chi connectivity index (χ1) is 11.1. The Kier molecular flexibility index (Phi) is 4.23. The van der Waals surface area contributed by atoms with Crippen molar-refractivity contribution < 1.29 is 14.3 Å². The van der Waals surface area contributed by atoms with Gasteiger partial charge < -0.3 is 4.74 Å². The highest BCUT2D eigenvalue weighted by Gasteiger charge is 2.55. The van der Waals surface area contributed by atoms with E-state index in [1.165, 1.54) is 51.4 Å². The topological polar surface area (TPSA) is 43.4 Å². The number of Topliss-reactive ketones (excluding diaryl/α,β-unsaturated/α-hetero) is 1. The molecule has 0 atom stereocenters. The maximum absolute atomic E-state index is 12.7. The summed E-state index contributed by atoms with van der Waals surface area (Å²) < 4.78 is 5.54. The summed E-state index contributed by atoms with van der Waals surface area (Å²) in [5, 5.41) is 0. The van der Waals surface area contributed by atoms with Crippen LogP contribution in [0, 0.1) is 29.1 Å². The number of carbonyl (C=O) groups is 2. The van der Waals surface area contributed by atoms with Gasteiger partial charge in [0.05, 0.1) is 5.41 Å². The second kappa shape index (κ2) is 6.22. The van der Waals surface area contributed by atoms with E-state index in [4.69, 9.17) is 4.74 Å². The third-order valence-electron chi connectivity index (χ3n) is 7.08. The fourth-order valence-electron chi connectivity index (χ4n) is 6.43. The van der Waals surface area contributed by atoms with Gasteiger partial charge in [0.2, 0.25) is 0 Å². The van der Waals surface area contributed by atoms with E-state index in [0.29, 0.717) is 12.3 Å². The minimum Gasteiger partial charge on any atom is -0.457 e. The van der Waals surface area contributed by atoms with Gasteiger partial charge in [0.1, 0.15) is 6.61 Å². The Hall–Kier alpha value is -0.860. The second-order valence-electron chi connectivity index (χ2n) is 9.02. The maximum Gasteiger partial charge on any atom is 0.312 e. The first-order valence-corrected chi connectivity index (χ1v) is 9.82. The molecule has 0 heterocycles. The van der Waals surface area contributed by atoms with Gasteiger partial charge >= 0.3 is 5.97 Å². The van der Waals surface area contributed by atoms with E-state index in [0.717, 1.165) is 37.0 Å². The average Bonchev–Trinajstić information content (AvgIpc) is 2.52. The summed E-state index contributed by atoms with van der Waals surface area (Å²) >= 11 is 0. The van der Waals surface area contributed by atoms with E-state index < -0.39 is 0 Å². The van der Waals surface area contributed by atoms with E-state index in [2.05, 4.69) is 0 Å². The number of ketones is 1. The minimum absolute atomic E-state index is 0.0249. The van der Waals surface area contributed by atoms with Crippen molar-refractivity contribution in [3.05, 3.63) is 0 Å². The molecule has 0 aliphatic heterocycles. The van der Waals surface area contributed by atoms with Gasteiger partial charge in [-0.1, -0.05) is 32.1 Å². The van der Waals surface area contributed by atoms with E-state index in [-0.39, 0.29) is 23.8 Å². The summed E-state index contributed by atoms with van der Waals surface area (Å²) in [6.07, 6.45) is 13.8. The van der Waals surface area contributed by atoms with E-state index in [9.17, 15) is 9.59 Å². The van der Waals surface area contributed by atoms with Crippen LogP contribution >= 0.6 is 0 Å². The van der Waals surface area contributed by atoms with Crippen LogP contribution in [0.5, 0.6) is 0 Å². The molecule has 23 heavy (non-hydrogen) atoms. The fourth-order valence-corrected chi connectivity index (χ4v) is 6.43. The van der Waals surface area contributed by atoms with Gasteiger partial charge in [0.25, 0.3) is 0 Å². The molecule has 0 spiro atoms. The first kappa shape index (κ1) is 15.7. The Labute approximate surface area is 139 Å². The monoisotopic (exact) mass is 318 g/mol. The Morgan fingerprint density at radius 1 is 0.870 bits per heavy atom. The summed E-state index contributed by atoms with van der Waals surface area (Å²) in [6, 6.07) is 0. The second-order valence-corrected chi connectivity index (χ2v) is 9.02. The summed E-state index contributed by atoms with van der Waals surface area (Å²) in [6.45, 7) is 0.0249. The van der Waals surface area contributed by atoms with Crippen LogP contribution in [0.1, 0.15) is 77.0 Å². The van der Waals surface area contributed by atoms with Gasteiger partial charge in [-0.2, -0.15) is 0 Å². The number of carbonyl (C=O) groups excluding carboxylic acids is 2. The lowest BCUT2D eigenvalue weighted by Crippen LogP contribution is -2.50. The number of hydrogen-bond acceptors (Lipinski definition) is 3. The molecule has 5 saturated carbocycles. The molecule has 0 amide bonds. The molecule has 3 nitrogen and oxygen atoms in total. The zero-order chi connectivity index (χ0) is 15.9. The lowest BCUT2D eigenvalue weighted by atomic mass is 9.49. The zero-order valence-electron chi connectivity index (χ0n) is 14.2. The summed E-state index contributed by atoms with van der Waals surface area (Å²) in [5.74, 6) is 2.85. The highest BCUT2D eigenvalue weighted by molar-refractivity contribution is 5.84. The van der Waals surface area contributed by atoms with Crippen molar-refractivity contribution in [1.82, 2.24) is 0 Å². The van der Waals surface area contributed by atoms with Crippen LogP contribution in [-0.2, 0) is 14.3 Å². The lowest BCUT2D eigenvalue weighted by molar-refractivity contribution is -0.173. The van der Waals surface area contributed by atoms with Gasteiger partial charge in [0.15, 0.2) is 5.78 Å². The third kappa shape index (κ3) is 3.21. The van der Waals surface area contributed by atoms with Gasteiger partial charge in [-0.25, -0.2) is 0 Å². The highest BCUT2D eigenvalue weighted by Crippen LogP contribution is 2.60. The molecule has 0 unspecified atom stereocenters. The molecule has 128 valence electrons. The third-order valence-corrected chi connectivity index (χ3v) is 7.08. The number of rotatable bonds is 5. The molecule has 0 aromatic rings. The summed E-state index contributed by atoms with van der Waals surface area (Å²) in [4.78, 5) is 24.9. The maximum atomic E-state index is 12.7. The smallest absolute Gasteiger partial charge is 0.312 e. The van der Waals surface area contributed by atoms with Crippen molar-refractivity contribution in [2.45, 2.75) is 77.0 Å². The van der Waals surface area contributed by atoms with Crippen LogP contribution in [0.4, 0.5) is 0 Å². The molecular formula is C20H30O3. The fraction of sp³-hybridized carbons (Fsp3) is 0.900. The van der Waals surface area contributed by atoms with Crippen LogP contribution in [-0.4, -0.2) is 18.4 Å². The number of esters is 1. The molecule has 5 fully saturated rings. The molecule has 0 aromatic carbocycles. The van der Waals surface area contributed by atoms with Crippen LogP contribution in [0.25, 0.3) is 0 Å². The van der Waals surface area contributed by atoms with E-state index in [1.54, 1.807) is 0 Å². The molecule has 0 radical (unpaired) electrons. The number of ether oxygens (including phenoxy) is 1. The van der Waals surface area contributed by atoms with Gasteiger partial charge in [-0.15, -0.1) is 0 Å². The van der Waals surface area contributed by atoms with Crippen molar-refractivity contribution >= 4 is 11.8 Å². The Morgan fingerprint density at radius 3 is 2.00 bits per heavy atom. The standard InChI is InChI=1S/C20H30O3/c21-18(9-14-4-2-1-3-5-14)13-23-19(22)20-10-15-6-16(11-20)8-17(7-15)12-20/h14-17H,1-13H2. The minimum atomic E-state index is -0.222. The zero-order valence-corrected chi connectivity index (χ0v) is 14.2. The molecule has 5 rings (SSSR count). The summed E-state index contributed by atoms with van der Waals surface area (Å²) in [5.41, 5.74) is -0.222. The van der Waals surface area contributed by atoms with Crippen LogP contribution in [0.2, 0.25) is 0 Å². The van der Waals surface area contributed by atoms with Crippen LogP contribution < -0.4 is 0 Å². The van der Waals surface area contributed by atoms with Crippen molar-refractivity contribution in [3.63, 3.8) is 0 Å².